The molecule has 2 rings (SSSR count). The van der Waals surface area contributed by atoms with Crippen molar-refractivity contribution < 1.29 is 14.7 Å². The minimum atomic E-state index is -0.616. The number of likely N-dealkylation sites (tertiary alicyclic amines) is 2. The molecule has 2 fully saturated rings. The minimum Gasteiger partial charge on any atom is -0.390 e. The smallest absolute Gasteiger partial charge is 0.225 e. The molecule has 2 saturated heterocycles. The van der Waals surface area contributed by atoms with E-state index in [9.17, 15) is 14.7 Å². The van der Waals surface area contributed by atoms with Crippen LogP contribution in [0.25, 0.3) is 0 Å². The molecule has 0 aromatic heterocycles. The Morgan fingerprint density at radius 2 is 1.58 bits per heavy atom. The first-order valence-electron chi connectivity index (χ1n) is 7.16. The first kappa shape index (κ1) is 14.3. The second kappa shape index (κ2) is 5.49. The van der Waals surface area contributed by atoms with E-state index in [0.717, 1.165) is 12.8 Å². The second-order valence-corrected chi connectivity index (χ2v) is 6.10. The Balaban J connectivity index is 1.83. The van der Waals surface area contributed by atoms with Crippen LogP contribution in [-0.2, 0) is 9.59 Å². The first-order valence-corrected chi connectivity index (χ1v) is 7.16. The summed E-state index contributed by atoms with van der Waals surface area (Å²) in [5.74, 6) is 0.359. The van der Waals surface area contributed by atoms with E-state index in [1.54, 1.807) is 6.92 Å². The van der Waals surface area contributed by atoms with Crippen LogP contribution in [0.5, 0.6) is 0 Å². The van der Waals surface area contributed by atoms with Crippen molar-refractivity contribution in [3.8, 4) is 0 Å². The molecule has 0 spiro atoms. The molecule has 2 heterocycles. The molecule has 2 aliphatic rings. The van der Waals surface area contributed by atoms with Crippen molar-refractivity contribution in [2.45, 2.75) is 45.1 Å². The van der Waals surface area contributed by atoms with E-state index < -0.39 is 5.60 Å². The zero-order valence-corrected chi connectivity index (χ0v) is 11.9. The van der Waals surface area contributed by atoms with Crippen LogP contribution >= 0.6 is 0 Å². The minimum absolute atomic E-state index is 0.0543. The van der Waals surface area contributed by atoms with Crippen LogP contribution in [0.1, 0.15) is 39.5 Å². The van der Waals surface area contributed by atoms with Crippen molar-refractivity contribution in [2.24, 2.45) is 5.92 Å². The fourth-order valence-electron chi connectivity index (χ4n) is 2.91. The fraction of sp³-hybridized carbons (Fsp3) is 0.857. The molecule has 0 aromatic carbocycles. The number of hydrogen-bond donors (Lipinski definition) is 1. The van der Waals surface area contributed by atoms with Crippen molar-refractivity contribution in [1.29, 1.82) is 0 Å². The molecule has 2 amide bonds. The summed E-state index contributed by atoms with van der Waals surface area (Å²) < 4.78 is 0. The standard InChI is InChI=1S/C14H24N2O3/c1-11(17)15-7-3-12(4-8-15)13(18)16-9-5-14(2,19)6-10-16/h12,19H,3-10H2,1-2H3. The molecule has 0 aliphatic carbocycles. The molecule has 0 radical (unpaired) electrons. The van der Waals surface area contributed by atoms with Gasteiger partial charge in [-0.25, -0.2) is 0 Å². The molecule has 0 bridgehead atoms. The van der Waals surface area contributed by atoms with Crippen LogP contribution in [0.15, 0.2) is 0 Å². The molecule has 108 valence electrons. The van der Waals surface area contributed by atoms with Gasteiger partial charge in [0.2, 0.25) is 11.8 Å². The van der Waals surface area contributed by atoms with E-state index in [1.807, 2.05) is 16.7 Å². The highest BCUT2D eigenvalue weighted by atomic mass is 16.3. The highest BCUT2D eigenvalue weighted by Crippen LogP contribution is 2.25. The third-order valence-corrected chi connectivity index (χ3v) is 4.44. The summed E-state index contributed by atoms with van der Waals surface area (Å²) in [6.07, 6.45) is 2.85. The summed E-state index contributed by atoms with van der Waals surface area (Å²) in [7, 11) is 0. The lowest BCUT2D eigenvalue weighted by molar-refractivity contribution is -0.143. The fourth-order valence-corrected chi connectivity index (χ4v) is 2.91. The zero-order chi connectivity index (χ0) is 14.0. The van der Waals surface area contributed by atoms with E-state index in [1.165, 1.54) is 0 Å². The molecular weight excluding hydrogens is 244 g/mol. The van der Waals surface area contributed by atoms with Crippen LogP contribution in [0.3, 0.4) is 0 Å². The molecule has 19 heavy (non-hydrogen) atoms. The Labute approximate surface area is 114 Å². The topological polar surface area (TPSA) is 60.9 Å². The number of carbonyl (C=O) groups excluding carboxylic acids is 2. The van der Waals surface area contributed by atoms with Gasteiger partial charge in [0.05, 0.1) is 5.60 Å². The van der Waals surface area contributed by atoms with Gasteiger partial charge in [0.15, 0.2) is 0 Å². The quantitative estimate of drug-likeness (QED) is 0.758. The lowest BCUT2D eigenvalue weighted by Gasteiger charge is -2.39. The highest BCUT2D eigenvalue weighted by molar-refractivity contribution is 5.79. The van der Waals surface area contributed by atoms with E-state index in [2.05, 4.69) is 0 Å². The summed E-state index contributed by atoms with van der Waals surface area (Å²) in [6.45, 7) is 6.10. The monoisotopic (exact) mass is 268 g/mol. The Hall–Kier alpha value is -1.10. The largest absolute Gasteiger partial charge is 0.390 e. The van der Waals surface area contributed by atoms with Crippen LogP contribution < -0.4 is 0 Å². The van der Waals surface area contributed by atoms with Gasteiger partial charge in [0, 0.05) is 39.0 Å². The van der Waals surface area contributed by atoms with Gasteiger partial charge < -0.3 is 14.9 Å². The van der Waals surface area contributed by atoms with Gasteiger partial charge in [-0.2, -0.15) is 0 Å². The number of nitrogens with zero attached hydrogens (tertiary/aromatic N) is 2. The number of carbonyl (C=O) groups is 2. The van der Waals surface area contributed by atoms with E-state index in [0.29, 0.717) is 39.0 Å². The number of hydrogen-bond acceptors (Lipinski definition) is 3. The number of piperidine rings is 2. The number of aliphatic hydroxyl groups is 1. The van der Waals surface area contributed by atoms with Gasteiger partial charge in [-0.15, -0.1) is 0 Å². The summed E-state index contributed by atoms with van der Waals surface area (Å²) >= 11 is 0. The summed E-state index contributed by atoms with van der Waals surface area (Å²) in [5.41, 5.74) is -0.616. The normalized spacial score (nSPS) is 24.4. The van der Waals surface area contributed by atoms with Crippen LogP contribution in [0.2, 0.25) is 0 Å². The highest BCUT2D eigenvalue weighted by Gasteiger charge is 2.34. The average molecular weight is 268 g/mol. The van der Waals surface area contributed by atoms with Gasteiger partial charge in [0.25, 0.3) is 0 Å². The Morgan fingerprint density at radius 1 is 1.05 bits per heavy atom. The summed E-state index contributed by atoms with van der Waals surface area (Å²) in [4.78, 5) is 27.3. The number of rotatable bonds is 1. The van der Waals surface area contributed by atoms with Crippen LogP contribution in [0, 0.1) is 5.92 Å². The van der Waals surface area contributed by atoms with Crippen molar-refractivity contribution in [1.82, 2.24) is 9.80 Å². The predicted octanol–water partition coefficient (Wildman–Crippen LogP) is 0.618. The molecular formula is C14H24N2O3. The van der Waals surface area contributed by atoms with E-state index in [-0.39, 0.29) is 17.7 Å². The van der Waals surface area contributed by atoms with Crippen LogP contribution in [0.4, 0.5) is 0 Å². The maximum atomic E-state index is 12.4. The molecule has 1 N–H and O–H groups in total. The molecule has 5 nitrogen and oxygen atoms in total. The van der Waals surface area contributed by atoms with Gasteiger partial charge in [-0.3, -0.25) is 9.59 Å². The molecule has 0 atom stereocenters. The Kier molecular flexibility index (Phi) is 4.13. The van der Waals surface area contributed by atoms with Crippen molar-refractivity contribution in [3.05, 3.63) is 0 Å². The lowest BCUT2D eigenvalue weighted by Crippen LogP contribution is -2.49. The van der Waals surface area contributed by atoms with Gasteiger partial charge in [0.1, 0.15) is 0 Å². The SMILES string of the molecule is CC(=O)N1CCC(C(=O)N2CCC(C)(O)CC2)CC1. The van der Waals surface area contributed by atoms with Crippen LogP contribution in [-0.4, -0.2) is 58.5 Å². The Morgan fingerprint density at radius 3 is 2.05 bits per heavy atom. The van der Waals surface area contributed by atoms with Gasteiger partial charge in [-0.1, -0.05) is 0 Å². The lowest BCUT2D eigenvalue weighted by atomic mass is 9.90. The third-order valence-electron chi connectivity index (χ3n) is 4.44. The summed E-state index contributed by atoms with van der Waals surface area (Å²) in [5, 5.41) is 9.90. The second-order valence-electron chi connectivity index (χ2n) is 6.10. The number of amides is 2. The summed E-state index contributed by atoms with van der Waals surface area (Å²) in [6, 6.07) is 0. The maximum absolute atomic E-state index is 12.4. The molecule has 2 aliphatic heterocycles. The van der Waals surface area contributed by atoms with Crippen molar-refractivity contribution in [2.75, 3.05) is 26.2 Å². The molecule has 0 aromatic rings. The van der Waals surface area contributed by atoms with E-state index >= 15 is 0 Å². The molecule has 0 saturated carbocycles. The van der Waals surface area contributed by atoms with Gasteiger partial charge >= 0.3 is 0 Å². The third kappa shape index (κ3) is 3.47. The first-order chi connectivity index (χ1) is 8.89. The molecule has 5 heteroatoms. The van der Waals surface area contributed by atoms with E-state index in [4.69, 9.17) is 0 Å². The maximum Gasteiger partial charge on any atom is 0.225 e. The Bertz CT molecular complexity index is 350. The average Bonchev–Trinajstić information content (AvgIpc) is 2.38. The zero-order valence-electron chi connectivity index (χ0n) is 11.9. The van der Waals surface area contributed by atoms with Crippen molar-refractivity contribution in [3.63, 3.8) is 0 Å². The van der Waals surface area contributed by atoms with Gasteiger partial charge in [-0.05, 0) is 32.6 Å². The van der Waals surface area contributed by atoms with Crippen molar-refractivity contribution >= 4 is 11.8 Å². The predicted molar refractivity (Wildman–Crippen MR) is 71.4 cm³/mol. The molecule has 0 unspecified atom stereocenters.